The average Bonchev–Trinajstić information content (AvgIpc) is 2.70. The van der Waals surface area contributed by atoms with Crippen LogP contribution in [0.3, 0.4) is 0 Å². The van der Waals surface area contributed by atoms with Crippen molar-refractivity contribution in [2.24, 2.45) is 0 Å². The van der Waals surface area contributed by atoms with Crippen LogP contribution in [-0.2, 0) is 0 Å². The van der Waals surface area contributed by atoms with Crippen molar-refractivity contribution >= 4 is 23.2 Å². The third kappa shape index (κ3) is 6.06. The maximum atomic E-state index is 12.5. The molecule has 0 spiro atoms. The van der Waals surface area contributed by atoms with Crippen LogP contribution in [0.5, 0.6) is 0 Å². The lowest BCUT2D eigenvalue weighted by Gasteiger charge is -2.21. The van der Waals surface area contributed by atoms with Crippen molar-refractivity contribution in [2.45, 2.75) is 13.8 Å². The number of nitrogens with one attached hydrogen (secondary N) is 2. The quantitative estimate of drug-likeness (QED) is 0.696. The van der Waals surface area contributed by atoms with Crippen molar-refractivity contribution in [1.29, 1.82) is 0 Å². The Balaban J connectivity index is 2.01. The van der Waals surface area contributed by atoms with Gasteiger partial charge in [-0.05, 0) is 64.3 Å². The van der Waals surface area contributed by atoms with Crippen LogP contribution in [0.25, 0.3) is 0 Å². The highest BCUT2D eigenvalue weighted by Crippen LogP contribution is 2.18. The minimum absolute atomic E-state index is 0.202. The van der Waals surface area contributed by atoms with E-state index in [0.29, 0.717) is 12.2 Å². The van der Waals surface area contributed by atoms with Crippen LogP contribution in [-0.4, -0.2) is 62.0 Å². The molecular formula is C21H29N5O2. The van der Waals surface area contributed by atoms with E-state index in [2.05, 4.69) is 34.4 Å². The Labute approximate surface area is 166 Å². The van der Waals surface area contributed by atoms with E-state index in [0.717, 1.165) is 25.3 Å². The van der Waals surface area contributed by atoms with Gasteiger partial charge in [0.05, 0.1) is 0 Å². The second-order valence-electron chi connectivity index (χ2n) is 6.64. The molecule has 7 heteroatoms. The van der Waals surface area contributed by atoms with Crippen LogP contribution >= 0.6 is 0 Å². The van der Waals surface area contributed by atoms with Crippen molar-refractivity contribution < 1.29 is 9.59 Å². The first kappa shape index (κ1) is 21.4. The van der Waals surface area contributed by atoms with E-state index in [9.17, 15) is 9.59 Å². The van der Waals surface area contributed by atoms with E-state index in [1.54, 1.807) is 18.2 Å². The Hall–Kier alpha value is -2.93. The van der Waals surface area contributed by atoms with E-state index >= 15 is 0 Å². The van der Waals surface area contributed by atoms with E-state index in [1.165, 1.54) is 0 Å². The van der Waals surface area contributed by atoms with Crippen LogP contribution in [0.4, 0.5) is 11.4 Å². The van der Waals surface area contributed by atoms with Gasteiger partial charge in [-0.1, -0.05) is 6.07 Å². The van der Waals surface area contributed by atoms with Gasteiger partial charge in [-0.3, -0.25) is 9.59 Å². The van der Waals surface area contributed by atoms with Crippen molar-refractivity contribution in [3.63, 3.8) is 0 Å². The molecular weight excluding hydrogens is 354 g/mol. The van der Waals surface area contributed by atoms with E-state index in [4.69, 9.17) is 0 Å². The molecule has 0 saturated heterocycles. The molecule has 0 unspecified atom stereocenters. The van der Waals surface area contributed by atoms with Gasteiger partial charge in [0, 0.05) is 37.6 Å². The summed E-state index contributed by atoms with van der Waals surface area (Å²) in [5, 5.41) is 5.62. The lowest BCUT2D eigenvalue weighted by molar-refractivity contribution is 0.0946. The fraction of sp³-hybridized carbons (Fsp3) is 0.381. The fourth-order valence-corrected chi connectivity index (χ4v) is 2.71. The highest BCUT2D eigenvalue weighted by atomic mass is 16.2. The van der Waals surface area contributed by atoms with Gasteiger partial charge in [-0.15, -0.1) is 0 Å². The lowest BCUT2D eigenvalue weighted by atomic mass is 10.2. The first-order valence-electron chi connectivity index (χ1n) is 9.51. The molecule has 0 aliphatic carbocycles. The standard InChI is InChI=1S/C21H29N5O2/c1-5-26(6-2)17-12-10-16(11-13-17)23-21(28)19-9-7-8-18(24-19)20(27)22-14-15-25(3)4/h7-13H,5-6,14-15H2,1-4H3,(H,22,27)(H,23,28). The number of benzene rings is 1. The molecule has 1 aromatic carbocycles. The van der Waals surface area contributed by atoms with Crippen LogP contribution in [0.15, 0.2) is 42.5 Å². The molecule has 0 fully saturated rings. The minimum atomic E-state index is -0.349. The number of pyridine rings is 1. The molecule has 7 nitrogen and oxygen atoms in total. The van der Waals surface area contributed by atoms with Crippen molar-refractivity contribution in [2.75, 3.05) is 50.5 Å². The van der Waals surface area contributed by atoms with Gasteiger partial charge in [-0.2, -0.15) is 0 Å². The molecule has 1 heterocycles. The highest BCUT2D eigenvalue weighted by molar-refractivity contribution is 6.03. The third-order valence-electron chi connectivity index (χ3n) is 4.31. The summed E-state index contributed by atoms with van der Waals surface area (Å²) in [4.78, 5) is 33.1. The number of rotatable bonds is 9. The first-order valence-corrected chi connectivity index (χ1v) is 9.51. The molecule has 2 rings (SSSR count). The zero-order valence-corrected chi connectivity index (χ0v) is 17.0. The summed E-state index contributed by atoms with van der Waals surface area (Å²) in [6.07, 6.45) is 0. The summed E-state index contributed by atoms with van der Waals surface area (Å²) >= 11 is 0. The Morgan fingerprint density at radius 2 is 1.54 bits per heavy atom. The second-order valence-corrected chi connectivity index (χ2v) is 6.64. The monoisotopic (exact) mass is 383 g/mol. The minimum Gasteiger partial charge on any atom is -0.372 e. The maximum absolute atomic E-state index is 12.5. The molecule has 2 amide bonds. The molecule has 2 aromatic rings. The van der Waals surface area contributed by atoms with Gasteiger partial charge in [0.25, 0.3) is 11.8 Å². The Morgan fingerprint density at radius 1 is 0.929 bits per heavy atom. The molecule has 0 aliphatic rings. The smallest absolute Gasteiger partial charge is 0.274 e. The van der Waals surface area contributed by atoms with E-state index in [1.807, 2.05) is 43.3 Å². The van der Waals surface area contributed by atoms with Crippen molar-refractivity contribution in [3.05, 3.63) is 53.9 Å². The van der Waals surface area contributed by atoms with Crippen LogP contribution < -0.4 is 15.5 Å². The molecule has 150 valence electrons. The summed E-state index contributed by atoms with van der Waals surface area (Å²) in [5.41, 5.74) is 2.22. The van der Waals surface area contributed by atoms with Gasteiger partial charge in [0.15, 0.2) is 0 Å². The number of likely N-dealkylation sites (N-methyl/N-ethyl adjacent to an activating group) is 1. The largest absolute Gasteiger partial charge is 0.372 e. The summed E-state index contributed by atoms with van der Waals surface area (Å²) in [7, 11) is 3.87. The van der Waals surface area contributed by atoms with Crippen LogP contribution in [0.2, 0.25) is 0 Å². The number of anilines is 2. The lowest BCUT2D eigenvalue weighted by Crippen LogP contribution is -2.32. The number of hydrogen-bond acceptors (Lipinski definition) is 5. The Morgan fingerprint density at radius 3 is 2.11 bits per heavy atom. The Kier molecular flexibility index (Phi) is 7.95. The fourth-order valence-electron chi connectivity index (χ4n) is 2.71. The number of aromatic nitrogens is 1. The van der Waals surface area contributed by atoms with Gasteiger partial charge < -0.3 is 20.4 Å². The maximum Gasteiger partial charge on any atom is 0.274 e. The molecule has 0 aliphatic heterocycles. The molecule has 28 heavy (non-hydrogen) atoms. The van der Waals surface area contributed by atoms with Crippen molar-refractivity contribution in [3.8, 4) is 0 Å². The normalized spacial score (nSPS) is 10.6. The topological polar surface area (TPSA) is 77.6 Å². The summed E-state index contributed by atoms with van der Waals surface area (Å²) in [6.45, 7) is 7.31. The number of carbonyl (C=O) groups is 2. The number of nitrogens with zero attached hydrogens (tertiary/aromatic N) is 3. The van der Waals surface area contributed by atoms with Crippen LogP contribution in [0, 0.1) is 0 Å². The van der Waals surface area contributed by atoms with E-state index < -0.39 is 0 Å². The van der Waals surface area contributed by atoms with Gasteiger partial charge >= 0.3 is 0 Å². The molecule has 0 atom stereocenters. The van der Waals surface area contributed by atoms with Crippen LogP contribution in [0.1, 0.15) is 34.8 Å². The van der Waals surface area contributed by atoms with E-state index in [-0.39, 0.29) is 23.2 Å². The highest BCUT2D eigenvalue weighted by Gasteiger charge is 2.13. The van der Waals surface area contributed by atoms with Gasteiger partial charge in [0.2, 0.25) is 0 Å². The molecule has 2 N–H and O–H groups in total. The molecule has 0 saturated carbocycles. The molecule has 0 bridgehead atoms. The summed E-state index contributed by atoms with van der Waals surface area (Å²) in [5.74, 6) is -0.640. The average molecular weight is 383 g/mol. The predicted octanol–water partition coefficient (Wildman–Crippen LogP) is 2.47. The van der Waals surface area contributed by atoms with Crippen molar-refractivity contribution in [1.82, 2.24) is 15.2 Å². The summed E-state index contributed by atoms with van der Waals surface area (Å²) < 4.78 is 0. The molecule has 1 aromatic heterocycles. The van der Waals surface area contributed by atoms with Gasteiger partial charge in [-0.25, -0.2) is 4.98 Å². The number of carbonyl (C=O) groups excluding carboxylic acids is 2. The summed E-state index contributed by atoms with van der Waals surface area (Å²) in [6, 6.07) is 12.5. The zero-order valence-electron chi connectivity index (χ0n) is 17.0. The first-order chi connectivity index (χ1) is 13.4. The third-order valence-corrected chi connectivity index (χ3v) is 4.31. The van der Waals surface area contributed by atoms with Gasteiger partial charge in [0.1, 0.15) is 11.4 Å². The second kappa shape index (κ2) is 10.4. The molecule has 0 radical (unpaired) electrons. The Bertz CT molecular complexity index is 786. The number of amides is 2. The number of hydrogen-bond donors (Lipinski definition) is 2. The SMILES string of the molecule is CCN(CC)c1ccc(NC(=O)c2cccc(C(=O)NCCN(C)C)n2)cc1. The zero-order chi connectivity index (χ0) is 20.5. The predicted molar refractivity (Wildman–Crippen MR) is 113 cm³/mol.